The van der Waals surface area contributed by atoms with Crippen molar-refractivity contribution in [2.24, 2.45) is 0 Å². The zero-order valence-corrected chi connectivity index (χ0v) is 21.0. The Bertz CT molecular complexity index is 1360. The van der Waals surface area contributed by atoms with E-state index in [9.17, 15) is 15.0 Å². The predicted molar refractivity (Wildman–Crippen MR) is 136 cm³/mol. The van der Waals surface area contributed by atoms with Crippen molar-refractivity contribution in [3.63, 3.8) is 0 Å². The Labute approximate surface area is 203 Å². The first-order chi connectivity index (χ1) is 16.1. The van der Waals surface area contributed by atoms with E-state index >= 15 is 0 Å². The van der Waals surface area contributed by atoms with Gasteiger partial charge in [-0.25, -0.2) is 0 Å². The fraction of sp³-hybridized carbons (Fsp3) is 0.296. The normalized spacial score (nSPS) is 10.8. The van der Waals surface area contributed by atoms with Crippen molar-refractivity contribution in [2.45, 2.75) is 40.5 Å². The van der Waals surface area contributed by atoms with E-state index in [1.807, 2.05) is 39.8 Å². The number of phenols is 2. The summed E-state index contributed by atoms with van der Waals surface area (Å²) in [6.45, 7) is 7.72. The first-order valence-corrected chi connectivity index (χ1v) is 11.2. The standard InChI is InChI=1S/C27H29ClO6/c1-14(2)7-10-17-22(29)18(11-8-15(3)4)26-21(23(17)30)24(31)27(33-6)25(34-26)16-9-12-20(32-5)19(28)13-16/h7-9,12-13,29-30H,10-11H2,1-6H3. The van der Waals surface area contributed by atoms with Gasteiger partial charge in [0.1, 0.15) is 28.2 Å². The minimum Gasteiger partial charge on any atom is -0.507 e. The van der Waals surface area contributed by atoms with Gasteiger partial charge < -0.3 is 24.1 Å². The Hall–Kier alpha value is -3.38. The summed E-state index contributed by atoms with van der Waals surface area (Å²) in [6.07, 6.45) is 4.36. The number of halogens is 1. The molecule has 3 rings (SSSR count). The number of ether oxygens (including phenoxy) is 2. The molecule has 1 aromatic heterocycles. The minimum absolute atomic E-state index is 0.0349. The van der Waals surface area contributed by atoms with Gasteiger partial charge in [-0.2, -0.15) is 0 Å². The number of rotatable bonds is 7. The first kappa shape index (κ1) is 25.2. The molecule has 6 nitrogen and oxygen atoms in total. The lowest BCUT2D eigenvalue weighted by Crippen LogP contribution is -2.10. The van der Waals surface area contributed by atoms with E-state index < -0.39 is 5.43 Å². The third kappa shape index (κ3) is 4.77. The van der Waals surface area contributed by atoms with E-state index in [4.69, 9.17) is 25.5 Å². The van der Waals surface area contributed by atoms with Crippen molar-refractivity contribution in [1.82, 2.24) is 0 Å². The monoisotopic (exact) mass is 484 g/mol. The van der Waals surface area contributed by atoms with Gasteiger partial charge in [0.25, 0.3) is 0 Å². The van der Waals surface area contributed by atoms with Crippen molar-refractivity contribution in [1.29, 1.82) is 0 Å². The van der Waals surface area contributed by atoms with Crippen LogP contribution in [0.2, 0.25) is 5.02 Å². The van der Waals surface area contributed by atoms with Crippen molar-refractivity contribution in [3.05, 3.63) is 67.9 Å². The molecule has 0 amide bonds. The van der Waals surface area contributed by atoms with E-state index in [-0.39, 0.29) is 46.0 Å². The molecule has 0 fully saturated rings. The summed E-state index contributed by atoms with van der Waals surface area (Å²) in [4.78, 5) is 13.6. The fourth-order valence-corrected chi connectivity index (χ4v) is 3.94. The van der Waals surface area contributed by atoms with E-state index in [1.54, 1.807) is 18.2 Å². The van der Waals surface area contributed by atoms with Gasteiger partial charge in [-0.1, -0.05) is 34.9 Å². The molecule has 34 heavy (non-hydrogen) atoms. The Morgan fingerprint density at radius 2 is 1.59 bits per heavy atom. The number of benzene rings is 2. The molecule has 0 saturated heterocycles. The maximum absolute atomic E-state index is 13.6. The van der Waals surface area contributed by atoms with Gasteiger partial charge in [0, 0.05) is 16.7 Å². The van der Waals surface area contributed by atoms with Crippen LogP contribution in [0.5, 0.6) is 23.0 Å². The minimum atomic E-state index is -0.542. The second-order valence-corrected chi connectivity index (χ2v) is 8.88. The smallest absolute Gasteiger partial charge is 0.239 e. The highest BCUT2D eigenvalue weighted by atomic mass is 35.5. The Morgan fingerprint density at radius 1 is 0.971 bits per heavy atom. The van der Waals surface area contributed by atoms with Crippen LogP contribution in [0.1, 0.15) is 38.8 Å². The molecule has 2 N–H and O–H groups in total. The van der Waals surface area contributed by atoms with E-state index in [0.29, 0.717) is 28.3 Å². The highest BCUT2D eigenvalue weighted by molar-refractivity contribution is 6.32. The van der Waals surface area contributed by atoms with Crippen LogP contribution >= 0.6 is 11.6 Å². The number of hydrogen-bond acceptors (Lipinski definition) is 6. The van der Waals surface area contributed by atoms with Gasteiger partial charge in [0.2, 0.25) is 11.2 Å². The first-order valence-electron chi connectivity index (χ1n) is 10.8. The molecule has 0 saturated carbocycles. The quantitative estimate of drug-likeness (QED) is 0.369. The summed E-state index contributed by atoms with van der Waals surface area (Å²) < 4.78 is 16.8. The number of methoxy groups -OCH3 is 2. The third-order valence-corrected chi connectivity index (χ3v) is 5.78. The molecule has 3 aromatic rings. The Balaban J connectivity index is 2.45. The van der Waals surface area contributed by atoms with Gasteiger partial charge in [0.15, 0.2) is 5.76 Å². The van der Waals surface area contributed by atoms with Crippen LogP contribution in [0.25, 0.3) is 22.3 Å². The molecule has 0 spiro atoms. The summed E-state index contributed by atoms with van der Waals surface area (Å²) in [5.41, 5.74) is 2.77. The maximum Gasteiger partial charge on any atom is 0.239 e. The molecule has 180 valence electrons. The Morgan fingerprint density at radius 3 is 2.12 bits per heavy atom. The Kier molecular flexibility index (Phi) is 7.62. The molecule has 0 unspecified atom stereocenters. The van der Waals surface area contributed by atoms with Crippen molar-refractivity contribution >= 4 is 22.6 Å². The van der Waals surface area contributed by atoms with E-state index in [0.717, 1.165) is 11.1 Å². The molecule has 0 aliphatic heterocycles. The molecule has 0 radical (unpaired) electrons. The van der Waals surface area contributed by atoms with Crippen molar-refractivity contribution in [3.8, 4) is 34.3 Å². The van der Waals surface area contributed by atoms with E-state index in [1.165, 1.54) is 14.2 Å². The number of aromatic hydroxyl groups is 2. The van der Waals surface area contributed by atoms with Gasteiger partial charge in [-0.15, -0.1) is 0 Å². The molecular formula is C27H29ClO6. The molecule has 0 atom stereocenters. The van der Waals surface area contributed by atoms with Crippen LogP contribution in [0.3, 0.4) is 0 Å². The number of allylic oxidation sites excluding steroid dienone is 4. The lowest BCUT2D eigenvalue weighted by molar-refractivity contribution is 0.396. The number of phenolic OH excluding ortho intramolecular Hbond substituents is 2. The maximum atomic E-state index is 13.6. The SMILES string of the molecule is COc1ccc(-c2oc3c(CC=C(C)C)c(O)c(CC=C(C)C)c(O)c3c(=O)c2OC)cc1Cl. The highest BCUT2D eigenvalue weighted by Gasteiger charge is 2.26. The second-order valence-electron chi connectivity index (χ2n) is 8.47. The van der Waals surface area contributed by atoms with Gasteiger partial charge in [0.05, 0.1) is 19.2 Å². The molecule has 0 aliphatic carbocycles. The largest absolute Gasteiger partial charge is 0.507 e. The van der Waals surface area contributed by atoms with Crippen molar-refractivity contribution < 1.29 is 24.1 Å². The summed E-state index contributed by atoms with van der Waals surface area (Å²) >= 11 is 6.30. The number of fused-ring (bicyclic) bond motifs is 1. The second kappa shape index (κ2) is 10.3. The van der Waals surface area contributed by atoms with Gasteiger partial charge in [-0.3, -0.25) is 4.79 Å². The van der Waals surface area contributed by atoms with Crippen LogP contribution in [0, 0.1) is 0 Å². The molecular weight excluding hydrogens is 456 g/mol. The molecule has 2 aromatic carbocycles. The lowest BCUT2D eigenvalue weighted by atomic mass is 9.96. The predicted octanol–water partition coefficient (Wildman–Crippen LogP) is 6.56. The van der Waals surface area contributed by atoms with Crippen molar-refractivity contribution in [2.75, 3.05) is 14.2 Å². The fourth-order valence-electron chi connectivity index (χ4n) is 3.68. The average molecular weight is 485 g/mol. The summed E-state index contributed by atoms with van der Waals surface area (Å²) in [5.74, 6) is 0.107. The summed E-state index contributed by atoms with van der Waals surface area (Å²) in [7, 11) is 2.86. The topological polar surface area (TPSA) is 89.1 Å². The van der Waals surface area contributed by atoms with Crippen LogP contribution < -0.4 is 14.9 Å². The number of hydrogen-bond donors (Lipinski definition) is 2. The van der Waals surface area contributed by atoms with Gasteiger partial charge in [-0.05, 0) is 58.7 Å². The van der Waals surface area contributed by atoms with Gasteiger partial charge >= 0.3 is 0 Å². The lowest BCUT2D eigenvalue weighted by Gasteiger charge is -2.17. The van der Waals surface area contributed by atoms with Crippen LogP contribution in [-0.4, -0.2) is 24.4 Å². The molecule has 7 heteroatoms. The zero-order chi connectivity index (χ0) is 25.2. The van der Waals surface area contributed by atoms with E-state index in [2.05, 4.69) is 0 Å². The average Bonchev–Trinajstić information content (AvgIpc) is 2.77. The van der Waals surface area contributed by atoms with Crippen LogP contribution in [-0.2, 0) is 12.8 Å². The van der Waals surface area contributed by atoms with Crippen LogP contribution in [0.4, 0.5) is 0 Å². The highest BCUT2D eigenvalue weighted by Crippen LogP contribution is 2.43. The molecule has 0 bridgehead atoms. The summed E-state index contributed by atoms with van der Waals surface area (Å²) in [6, 6.07) is 4.95. The molecule has 0 aliphatic rings. The van der Waals surface area contributed by atoms with Crippen LogP contribution in [0.15, 0.2) is 50.7 Å². The molecule has 1 heterocycles. The summed E-state index contributed by atoms with van der Waals surface area (Å²) in [5, 5.41) is 22.5. The zero-order valence-electron chi connectivity index (χ0n) is 20.2. The third-order valence-electron chi connectivity index (χ3n) is 5.49.